The number of para-hydroxylation sites is 1. The summed E-state index contributed by atoms with van der Waals surface area (Å²) >= 11 is 0. The Balaban J connectivity index is 2.78. The summed E-state index contributed by atoms with van der Waals surface area (Å²) in [6.07, 6.45) is 4.96. The summed E-state index contributed by atoms with van der Waals surface area (Å²) in [5, 5.41) is 0.640. The molecule has 1 heterocycles. The summed E-state index contributed by atoms with van der Waals surface area (Å²) < 4.78 is 31.7. The van der Waals surface area contributed by atoms with Crippen LogP contribution in [0.1, 0.15) is 19.5 Å². The minimum Gasteiger partial charge on any atom is -0.332 e. The monoisotopic (exact) mass is 291 g/mol. The molecule has 0 amide bonds. The van der Waals surface area contributed by atoms with E-state index in [1.54, 1.807) is 32.9 Å². The molecule has 1 aromatic heterocycles. The van der Waals surface area contributed by atoms with Crippen molar-refractivity contribution < 1.29 is 12.6 Å². The van der Waals surface area contributed by atoms with Gasteiger partial charge in [-0.1, -0.05) is 24.1 Å². The van der Waals surface area contributed by atoms with E-state index in [1.165, 1.54) is 0 Å². The maximum atomic E-state index is 12.4. The van der Waals surface area contributed by atoms with Gasteiger partial charge < -0.3 is 4.57 Å². The van der Waals surface area contributed by atoms with Gasteiger partial charge in [-0.15, -0.1) is 6.42 Å². The number of hydrogen-bond donors (Lipinski definition) is 0. The molecule has 1 aromatic carbocycles. The van der Waals surface area contributed by atoms with Gasteiger partial charge in [-0.05, 0) is 26.8 Å². The lowest BCUT2D eigenvalue weighted by Crippen LogP contribution is -2.13. The van der Waals surface area contributed by atoms with Crippen molar-refractivity contribution in [2.75, 3.05) is 0 Å². The summed E-state index contributed by atoms with van der Waals surface area (Å²) in [6.45, 7) is 5.44. The van der Waals surface area contributed by atoms with Crippen LogP contribution in [0, 0.1) is 19.3 Å². The van der Waals surface area contributed by atoms with Crippen LogP contribution in [0.4, 0.5) is 0 Å². The maximum absolute atomic E-state index is 12.4. The fraction of sp³-hybridized carbons (Fsp3) is 0.333. The Morgan fingerprint density at radius 3 is 2.60 bits per heavy atom. The van der Waals surface area contributed by atoms with Gasteiger partial charge in [0.05, 0.1) is 18.2 Å². The molecule has 0 aliphatic rings. The minimum atomic E-state index is -3.80. The number of fused-ring (bicyclic) bond motifs is 1. The van der Waals surface area contributed by atoms with Crippen LogP contribution >= 0.6 is 0 Å². The van der Waals surface area contributed by atoms with Gasteiger partial charge in [-0.25, -0.2) is 0 Å². The lowest BCUT2D eigenvalue weighted by Gasteiger charge is -2.09. The second-order valence-corrected chi connectivity index (χ2v) is 6.33. The van der Waals surface area contributed by atoms with Crippen LogP contribution in [-0.4, -0.2) is 19.1 Å². The number of nitrogens with zero attached hydrogens (tertiary/aromatic N) is 1. The molecule has 0 aliphatic carbocycles. The van der Waals surface area contributed by atoms with Gasteiger partial charge in [-0.3, -0.25) is 4.18 Å². The molecule has 0 radical (unpaired) electrons. The molecule has 2 rings (SSSR count). The number of hydrogen-bond acceptors (Lipinski definition) is 3. The van der Waals surface area contributed by atoms with Gasteiger partial charge in [0.25, 0.3) is 10.1 Å². The Morgan fingerprint density at radius 2 is 2.00 bits per heavy atom. The Hall–Kier alpha value is -1.77. The van der Waals surface area contributed by atoms with Crippen molar-refractivity contribution >= 4 is 21.0 Å². The molecule has 4 nitrogen and oxygen atoms in total. The van der Waals surface area contributed by atoms with Crippen molar-refractivity contribution in [1.29, 1.82) is 0 Å². The highest BCUT2D eigenvalue weighted by Crippen LogP contribution is 2.31. The zero-order valence-corrected chi connectivity index (χ0v) is 12.6. The zero-order valence-electron chi connectivity index (χ0n) is 11.8. The van der Waals surface area contributed by atoms with E-state index in [-0.39, 0.29) is 4.90 Å². The van der Waals surface area contributed by atoms with Crippen LogP contribution in [0.25, 0.3) is 10.9 Å². The molecule has 106 valence electrons. The normalized spacial score (nSPS) is 11.9. The Labute approximate surface area is 119 Å². The highest BCUT2D eigenvalue weighted by atomic mass is 32.2. The van der Waals surface area contributed by atoms with E-state index in [0.717, 1.165) is 5.52 Å². The first kappa shape index (κ1) is 14.6. The first-order valence-corrected chi connectivity index (χ1v) is 7.74. The van der Waals surface area contributed by atoms with E-state index in [1.807, 2.05) is 16.7 Å². The molecule has 0 bridgehead atoms. The Morgan fingerprint density at radius 1 is 1.35 bits per heavy atom. The van der Waals surface area contributed by atoms with E-state index in [9.17, 15) is 8.42 Å². The summed E-state index contributed by atoms with van der Waals surface area (Å²) in [4.78, 5) is 0.206. The summed E-state index contributed by atoms with van der Waals surface area (Å²) in [6, 6.07) is 7.28. The lowest BCUT2D eigenvalue weighted by atomic mass is 10.2. The highest BCUT2D eigenvalue weighted by molar-refractivity contribution is 7.87. The van der Waals surface area contributed by atoms with Gasteiger partial charge >= 0.3 is 0 Å². The van der Waals surface area contributed by atoms with Crippen molar-refractivity contribution in [2.24, 2.45) is 0 Å². The smallest absolute Gasteiger partial charge is 0.299 e. The largest absolute Gasteiger partial charge is 0.332 e. The Bertz CT molecular complexity index is 779. The average molecular weight is 291 g/mol. The summed E-state index contributed by atoms with van der Waals surface area (Å²) in [7, 11) is -3.80. The number of rotatable bonds is 4. The fourth-order valence-corrected chi connectivity index (χ4v) is 3.83. The van der Waals surface area contributed by atoms with E-state index in [2.05, 4.69) is 5.92 Å². The van der Waals surface area contributed by atoms with Crippen LogP contribution < -0.4 is 0 Å². The summed E-state index contributed by atoms with van der Waals surface area (Å²) in [5.41, 5.74) is 1.40. The second kappa shape index (κ2) is 5.31. The molecule has 0 saturated carbocycles. The third-order valence-electron chi connectivity index (χ3n) is 2.99. The first-order chi connectivity index (χ1) is 9.38. The number of benzene rings is 1. The van der Waals surface area contributed by atoms with Crippen LogP contribution in [0.3, 0.4) is 0 Å². The van der Waals surface area contributed by atoms with E-state index < -0.39 is 16.2 Å². The van der Waals surface area contributed by atoms with Crippen LogP contribution in [0.15, 0.2) is 29.2 Å². The van der Waals surface area contributed by atoms with Crippen molar-refractivity contribution in [3.05, 3.63) is 30.0 Å². The zero-order chi connectivity index (χ0) is 14.9. The third-order valence-corrected chi connectivity index (χ3v) is 4.65. The fourth-order valence-electron chi connectivity index (χ4n) is 2.31. The first-order valence-electron chi connectivity index (χ1n) is 6.33. The predicted octanol–water partition coefficient (Wildman–Crippen LogP) is 2.70. The molecule has 0 spiro atoms. The summed E-state index contributed by atoms with van der Waals surface area (Å²) in [5.74, 6) is 2.55. The highest BCUT2D eigenvalue weighted by Gasteiger charge is 2.26. The molecular weight excluding hydrogens is 274 g/mol. The third kappa shape index (κ3) is 2.45. The second-order valence-electron chi connectivity index (χ2n) is 4.82. The molecular formula is C15H17NO3S. The topological polar surface area (TPSA) is 48.3 Å². The van der Waals surface area contributed by atoms with Crippen LogP contribution in [0.5, 0.6) is 0 Å². The molecule has 0 unspecified atom stereocenters. The molecule has 0 N–H and O–H groups in total. The molecule has 2 aromatic rings. The standard InChI is InChI=1S/C15H17NO3S/c1-5-10-16-12(4)15(20(17,18)19-11(2)3)13-8-6-7-9-14(13)16/h1,6-9,11H,10H2,2-4H3. The van der Waals surface area contributed by atoms with Gasteiger partial charge in [0.15, 0.2) is 0 Å². The SMILES string of the molecule is C#CCn1c(C)c(S(=O)(=O)OC(C)C)c2ccccc21. The van der Waals surface area contributed by atoms with Gasteiger partial charge in [-0.2, -0.15) is 8.42 Å². The molecule has 20 heavy (non-hydrogen) atoms. The van der Waals surface area contributed by atoms with Crippen molar-refractivity contribution in [3.63, 3.8) is 0 Å². The van der Waals surface area contributed by atoms with Crippen molar-refractivity contribution in [1.82, 2.24) is 4.57 Å². The molecule has 0 atom stereocenters. The lowest BCUT2D eigenvalue weighted by molar-refractivity contribution is 0.249. The van der Waals surface area contributed by atoms with E-state index in [4.69, 9.17) is 10.6 Å². The molecule has 0 saturated heterocycles. The number of terminal acetylenes is 1. The van der Waals surface area contributed by atoms with Crippen LogP contribution in [0.2, 0.25) is 0 Å². The maximum Gasteiger partial charge on any atom is 0.299 e. The minimum absolute atomic E-state index is 0.206. The van der Waals surface area contributed by atoms with Gasteiger partial charge in [0, 0.05) is 11.1 Å². The van der Waals surface area contributed by atoms with Gasteiger partial charge in [0.2, 0.25) is 0 Å². The van der Waals surface area contributed by atoms with E-state index >= 15 is 0 Å². The van der Waals surface area contributed by atoms with Crippen LogP contribution in [-0.2, 0) is 20.8 Å². The molecule has 5 heteroatoms. The molecule has 0 fully saturated rings. The molecule has 0 aliphatic heterocycles. The number of aromatic nitrogens is 1. The predicted molar refractivity (Wildman–Crippen MR) is 78.9 cm³/mol. The quantitative estimate of drug-likeness (QED) is 0.643. The van der Waals surface area contributed by atoms with Gasteiger partial charge in [0.1, 0.15) is 4.90 Å². The van der Waals surface area contributed by atoms with Crippen molar-refractivity contribution in [3.8, 4) is 12.3 Å². The van der Waals surface area contributed by atoms with Crippen molar-refractivity contribution in [2.45, 2.75) is 38.3 Å². The average Bonchev–Trinajstić information content (AvgIpc) is 2.62. The van der Waals surface area contributed by atoms with E-state index in [0.29, 0.717) is 17.6 Å². The Kier molecular flexibility index (Phi) is 3.89.